The minimum Gasteiger partial charge on any atom is -0.369 e. The van der Waals surface area contributed by atoms with Gasteiger partial charge in [0.2, 0.25) is 24.9 Å². The van der Waals surface area contributed by atoms with Crippen LogP contribution in [-0.4, -0.2) is 73.4 Å². The largest absolute Gasteiger partial charge is 0.369 e. The Morgan fingerprint density at radius 2 is 1.66 bits per heavy atom. The molecule has 3 heterocycles. The van der Waals surface area contributed by atoms with E-state index in [4.69, 9.17) is 0 Å². The van der Waals surface area contributed by atoms with Crippen molar-refractivity contribution in [3.8, 4) is 0 Å². The van der Waals surface area contributed by atoms with Gasteiger partial charge in [-0.2, -0.15) is 8.82 Å². The third-order valence-electron chi connectivity index (χ3n) is 6.27. The molecule has 5 rings (SSSR count). The molecule has 35 heavy (non-hydrogen) atoms. The number of H-pyrrole nitrogens is 1. The Kier molecular flexibility index (Phi) is 5.45. The second-order valence-electron chi connectivity index (χ2n) is 8.73. The van der Waals surface area contributed by atoms with Crippen molar-refractivity contribution in [1.29, 1.82) is 0 Å². The number of hydrogen-bond acceptors (Lipinski definition) is 8. The number of nitrogens with zero attached hydrogens (tertiary/aromatic N) is 5. The van der Waals surface area contributed by atoms with Crippen LogP contribution in [0.4, 0.5) is 5.69 Å². The van der Waals surface area contributed by atoms with E-state index in [1.54, 1.807) is 37.3 Å². The van der Waals surface area contributed by atoms with Gasteiger partial charge in [0.05, 0.1) is 22.1 Å². The molecular weight excluding hydrogens is 492 g/mol. The van der Waals surface area contributed by atoms with Gasteiger partial charge in [-0.05, 0) is 43.7 Å². The average Bonchev–Trinajstić information content (AvgIpc) is 3.23. The lowest BCUT2D eigenvalue weighted by atomic mass is 10.2. The van der Waals surface area contributed by atoms with Crippen molar-refractivity contribution in [1.82, 2.24) is 24.1 Å². The van der Waals surface area contributed by atoms with Gasteiger partial charge in [-0.3, -0.25) is 4.79 Å². The Bertz CT molecular complexity index is 1750. The minimum atomic E-state index is -4.04. The number of sulfonamides is 1. The van der Waals surface area contributed by atoms with Crippen molar-refractivity contribution in [2.24, 2.45) is 0 Å². The molecule has 0 amide bonds. The summed E-state index contributed by atoms with van der Waals surface area (Å²) in [5, 5.41) is 8.02. The lowest BCUT2D eigenvalue weighted by Crippen LogP contribution is -2.48. The Morgan fingerprint density at radius 3 is 2.31 bits per heavy atom. The molecule has 11 nitrogen and oxygen atoms in total. The number of fused-ring (bicyclic) bond motifs is 3. The van der Waals surface area contributed by atoms with Crippen LogP contribution in [0.1, 0.15) is 11.1 Å². The summed E-state index contributed by atoms with van der Waals surface area (Å²) in [5.74, 6) is 0. The minimum absolute atomic E-state index is 0.0125. The summed E-state index contributed by atoms with van der Waals surface area (Å²) in [7, 11) is -7.30. The molecule has 1 N–H and O–H groups in total. The zero-order valence-electron chi connectivity index (χ0n) is 19.4. The van der Waals surface area contributed by atoms with Crippen LogP contribution >= 0.6 is 0 Å². The Morgan fingerprint density at radius 1 is 0.943 bits per heavy atom. The van der Waals surface area contributed by atoms with Crippen LogP contribution in [0.3, 0.4) is 0 Å². The molecule has 2 aromatic heterocycles. The number of aromatic amines is 1. The van der Waals surface area contributed by atoms with Crippen LogP contribution in [-0.2, 0) is 19.9 Å². The molecule has 0 spiro atoms. The van der Waals surface area contributed by atoms with Crippen LogP contribution in [0.15, 0.2) is 51.1 Å². The molecular formula is C22H24N6O5S2. The Balaban J connectivity index is 1.60. The van der Waals surface area contributed by atoms with Gasteiger partial charge in [-0.25, -0.2) is 16.8 Å². The van der Waals surface area contributed by atoms with E-state index in [1.165, 1.54) is 21.1 Å². The fourth-order valence-electron chi connectivity index (χ4n) is 4.47. The van der Waals surface area contributed by atoms with E-state index >= 15 is 0 Å². The van der Waals surface area contributed by atoms with Crippen LogP contribution in [0.2, 0.25) is 0 Å². The molecule has 1 fully saturated rings. The van der Waals surface area contributed by atoms with Crippen LogP contribution in [0.5, 0.6) is 0 Å². The van der Waals surface area contributed by atoms with Crippen molar-refractivity contribution in [3.05, 3.63) is 57.9 Å². The molecule has 1 aliphatic rings. The normalized spacial score (nSPS) is 15.8. The Labute approximate surface area is 202 Å². The SMILES string of the molecule is Cc1ccc(S(=O)(=O)c2nnn3c2[nH]c(=O)c2ccc(N4CCN(S(C)(=O)=O)CC4)cc23)c(C)c1. The predicted molar refractivity (Wildman–Crippen MR) is 131 cm³/mol. The molecule has 0 unspecified atom stereocenters. The number of anilines is 1. The first kappa shape index (κ1) is 23.5. The summed E-state index contributed by atoms with van der Waals surface area (Å²) in [6.45, 7) is 5.24. The van der Waals surface area contributed by atoms with Crippen molar-refractivity contribution in [2.75, 3.05) is 37.3 Å². The molecule has 0 radical (unpaired) electrons. The highest BCUT2D eigenvalue weighted by Crippen LogP contribution is 2.27. The van der Waals surface area contributed by atoms with Crippen LogP contribution in [0, 0.1) is 13.8 Å². The van der Waals surface area contributed by atoms with Gasteiger partial charge in [-0.15, -0.1) is 5.10 Å². The second-order valence-corrected chi connectivity index (χ2v) is 12.5. The monoisotopic (exact) mass is 516 g/mol. The highest BCUT2D eigenvalue weighted by Gasteiger charge is 2.28. The first-order valence-corrected chi connectivity index (χ1v) is 14.2. The maximum Gasteiger partial charge on any atom is 0.259 e. The third kappa shape index (κ3) is 3.98. The molecule has 0 saturated carbocycles. The fraction of sp³-hybridized carbons (Fsp3) is 0.318. The van der Waals surface area contributed by atoms with E-state index in [9.17, 15) is 21.6 Å². The summed E-state index contributed by atoms with van der Waals surface area (Å²) in [6, 6.07) is 10.2. The van der Waals surface area contributed by atoms with E-state index in [-0.39, 0.29) is 15.6 Å². The molecule has 0 bridgehead atoms. The topological polar surface area (TPSA) is 138 Å². The lowest BCUT2D eigenvalue weighted by Gasteiger charge is -2.34. The predicted octanol–water partition coefficient (Wildman–Crippen LogP) is 1.10. The quantitative estimate of drug-likeness (QED) is 0.426. The van der Waals surface area contributed by atoms with E-state index in [0.717, 1.165) is 11.3 Å². The third-order valence-corrected chi connectivity index (χ3v) is 9.40. The standard InChI is InChI=1S/C22H24N6O5S2/c1-14-4-7-19(15(2)12-14)35(32,33)22-20-23-21(29)17-6-5-16(13-18(17)28(20)25-24-22)26-8-10-27(11-9-26)34(3,30)31/h4-7,12-13H,8-11H2,1-3H3,(H,23,29). The summed E-state index contributed by atoms with van der Waals surface area (Å²) < 4.78 is 53.2. The number of aryl methyl sites for hydroxylation is 2. The maximum atomic E-state index is 13.4. The van der Waals surface area contributed by atoms with Gasteiger partial charge in [0.25, 0.3) is 5.56 Å². The highest BCUT2D eigenvalue weighted by molar-refractivity contribution is 7.91. The smallest absolute Gasteiger partial charge is 0.259 e. The fourth-order valence-corrected chi connectivity index (χ4v) is 6.77. The van der Waals surface area contributed by atoms with Gasteiger partial charge in [0.1, 0.15) is 0 Å². The van der Waals surface area contributed by atoms with Gasteiger partial charge in [-0.1, -0.05) is 22.9 Å². The molecule has 0 aliphatic carbocycles. The van der Waals surface area contributed by atoms with E-state index < -0.39 is 25.4 Å². The van der Waals surface area contributed by atoms with Crippen LogP contribution in [0.25, 0.3) is 16.6 Å². The van der Waals surface area contributed by atoms with Gasteiger partial charge in [0.15, 0.2) is 5.65 Å². The molecule has 4 aromatic rings. The molecule has 184 valence electrons. The van der Waals surface area contributed by atoms with Crippen LogP contribution < -0.4 is 10.5 Å². The summed E-state index contributed by atoms with van der Waals surface area (Å²) in [6.07, 6.45) is 1.19. The molecule has 0 atom stereocenters. The number of rotatable bonds is 4. The lowest BCUT2D eigenvalue weighted by molar-refractivity contribution is 0.388. The van der Waals surface area contributed by atoms with E-state index in [2.05, 4.69) is 15.3 Å². The van der Waals surface area contributed by atoms with E-state index in [1.807, 2.05) is 11.8 Å². The number of hydrogen-bond donors (Lipinski definition) is 1. The molecule has 1 saturated heterocycles. The number of aromatic nitrogens is 4. The van der Waals surface area contributed by atoms with Gasteiger partial charge in [0, 0.05) is 31.9 Å². The number of piperazine rings is 1. The van der Waals surface area contributed by atoms with E-state index in [0.29, 0.717) is 42.6 Å². The molecule has 2 aromatic carbocycles. The number of nitrogens with one attached hydrogen (secondary N) is 1. The molecule has 13 heteroatoms. The number of sulfone groups is 1. The number of benzene rings is 2. The zero-order valence-corrected chi connectivity index (χ0v) is 21.0. The van der Waals surface area contributed by atoms with Gasteiger partial charge >= 0.3 is 0 Å². The maximum absolute atomic E-state index is 13.4. The Hall–Kier alpha value is -3.29. The van der Waals surface area contributed by atoms with Crippen molar-refractivity contribution in [3.63, 3.8) is 0 Å². The first-order valence-electron chi connectivity index (χ1n) is 10.9. The van der Waals surface area contributed by atoms with Crippen molar-refractivity contribution < 1.29 is 16.8 Å². The zero-order chi connectivity index (χ0) is 25.1. The highest BCUT2D eigenvalue weighted by atomic mass is 32.2. The summed E-state index contributed by atoms with van der Waals surface area (Å²) >= 11 is 0. The van der Waals surface area contributed by atoms with Crippen molar-refractivity contribution >= 4 is 42.1 Å². The average molecular weight is 517 g/mol. The molecule has 1 aliphatic heterocycles. The summed E-state index contributed by atoms with van der Waals surface area (Å²) in [5.41, 5.74) is 2.21. The first-order chi connectivity index (χ1) is 16.5. The second kappa shape index (κ2) is 8.14. The van der Waals surface area contributed by atoms with Crippen molar-refractivity contribution in [2.45, 2.75) is 23.8 Å². The van der Waals surface area contributed by atoms with Gasteiger partial charge < -0.3 is 9.88 Å². The summed E-state index contributed by atoms with van der Waals surface area (Å²) in [4.78, 5) is 17.6.